The number of halogens is 1. The van der Waals surface area contributed by atoms with Gasteiger partial charge in [0.2, 0.25) is 0 Å². The molecule has 1 fully saturated rings. The van der Waals surface area contributed by atoms with Gasteiger partial charge in [-0.15, -0.1) is 0 Å². The van der Waals surface area contributed by atoms with Crippen LogP contribution in [-0.2, 0) is 5.41 Å². The average Bonchev–Trinajstić information content (AvgIpc) is 3.41. The van der Waals surface area contributed by atoms with Gasteiger partial charge in [-0.25, -0.2) is 4.98 Å². The number of nitrogens with one attached hydrogen (secondary N) is 1. The molecule has 0 radical (unpaired) electrons. The summed E-state index contributed by atoms with van der Waals surface area (Å²) in [6.07, 6.45) is 1.79. The van der Waals surface area contributed by atoms with Gasteiger partial charge >= 0.3 is 0 Å². The van der Waals surface area contributed by atoms with Gasteiger partial charge in [-0.1, -0.05) is 53.3 Å². The van der Waals surface area contributed by atoms with Crippen LogP contribution in [0.4, 0.5) is 5.13 Å². The van der Waals surface area contributed by atoms with E-state index in [4.69, 9.17) is 16.3 Å². The summed E-state index contributed by atoms with van der Waals surface area (Å²) in [5.41, 5.74) is 1.39. The van der Waals surface area contributed by atoms with Crippen molar-refractivity contribution in [1.82, 2.24) is 4.98 Å². The van der Waals surface area contributed by atoms with Gasteiger partial charge in [-0.3, -0.25) is 0 Å². The summed E-state index contributed by atoms with van der Waals surface area (Å²) in [5.74, 6) is 0.792. The number of aliphatic hydroxyl groups is 2. The summed E-state index contributed by atoms with van der Waals surface area (Å²) < 4.78 is 5.21. The maximum Gasteiger partial charge on any atom is 0.184 e. The molecule has 2 unspecified atom stereocenters. The van der Waals surface area contributed by atoms with Crippen molar-refractivity contribution in [2.75, 3.05) is 12.4 Å². The van der Waals surface area contributed by atoms with Crippen LogP contribution in [0.5, 0.6) is 5.75 Å². The number of ether oxygens (including phenoxy) is 1. The topological polar surface area (TPSA) is 74.6 Å². The molecule has 1 saturated carbocycles. The lowest BCUT2D eigenvalue weighted by molar-refractivity contribution is 0.159. The number of aliphatic hydroxyl groups excluding tert-OH is 2. The van der Waals surface area contributed by atoms with E-state index in [1.807, 2.05) is 36.4 Å². The molecule has 1 aliphatic carbocycles. The monoisotopic (exact) mass is 416 g/mol. The van der Waals surface area contributed by atoms with Gasteiger partial charge < -0.3 is 20.3 Å². The fourth-order valence-corrected chi connectivity index (χ4v) is 4.44. The first-order chi connectivity index (χ1) is 13.5. The molecule has 5 nitrogen and oxygen atoms in total. The van der Waals surface area contributed by atoms with Crippen molar-refractivity contribution in [1.29, 1.82) is 0 Å². The maximum absolute atomic E-state index is 10.8. The average molecular weight is 417 g/mol. The molecule has 1 aromatic heterocycles. The van der Waals surface area contributed by atoms with Crippen LogP contribution in [0.2, 0.25) is 5.02 Å². The summed E-state index contributed by atoms with van der Waals surface area (Å²) >= 11 is 7.48. The zero-order valence-corrected chi connectivity index (χ0v) is 16.9. The van der Waals surface area contributed by atoms with E-state index in [9.17, 15) is 10.2 Å². The van der Waals surface area contributed by atoms with Crippen LogP contribution in [0, 0.1) is 0 Å². The predicted octanol–water partition coefficient (Wildman–Crippen LogP) is 4.35. The zero-order valence-electron chi connectivity index (χ0n) is 15.3. The SMILES string of the molecule is COc1ccc(C2(C(O)Nc3ncc(C(O)c4ccccc4Cl)s3)CC2)cc1. The van der Waals surface area contributed by atoms with Crippen LogP contribution >= 0.6 is 22.9 Å². The van der Waals surface area contributed by atoms with Crippen molar-refractivity contribution in [2.24, 2.45) is 0 Å². The van der Waals surface area contributed by atoms with E-state index in [1.165, 1.54) is 11.3 Å². The molecular formula is C21H21ClN2O3S. The number of hydrogen-bond acceptors (Lipinski definition) is 6. The first kappa shape index (κ1) is 19.2. The van der Waals surface area contributed by atoms with E-state index in [0.717, 1.165) is 24.2 Å². The van der Waals surface area contributed by atoms with Gasteiger partial charge in [0.1, 0.15) is 18.1 Å². The van der Waals surface area contributed by atoms with Crippen molar-refractivity contribution >= 4 is 28.1 Å². The van der Waals surface area contributed by atoms with Gasteiger partial charge in [0.15, 0.2) is 5.13 Å². The van der Waals surface area contributed by atoms with Crippen LogP contribution < -0.4 is 10.1 Å². The quantitative estimate of drug-likeness (QED) is 0.499. The van der Waals surface area contributed by atoms with E-state index in [-0.39, 0.29) is 5.41 Å². The van der Waals surface area contributed by atoms with Gasteiger partial charge in [-0.05, 0) is 36.6 Å². The van der Waals surface area contributed by atoms with E-state index in [2.05, 4.69) is 10.3 Å². The lowest BCUT2D eigenvalue weighted by Crippen LogP contribution is -2.33. The molecule has 7 heteroatoms. The Kier molecular flexibility index (Phi) is 5.29. The number of anilines is 1. The van der Waals surface area contributed by atoms with Crippen LogP contribution in [0.25, 0.3) is 0 Å². The van der Waals surface area contributed by atoms with Gasteiger partial charge in [0, 0.05) is 22.2 Å². The highest BCUT2D eigenvalue weighted by molar-refractivity contribution is 7.15. The first-order valence-electron chi connectivity index (χ1n) is 9.01. The van der Waals surface area contributed by atoms with Crippen molar-refractivity contribution in [3.63, 3.8) is 0 Å². The number of nitrogens with zero attached hydrogens (tertiary/aromatic N) is 1. The Labute approximate surface area is 172 Å². The summed E-state index contributed by atoms with van der Waals surface area (Å²) in [5, 5.41) is 25.6. The summed E-state index contributed by atoms with van der Waals surface area (Å²) in [6.45, 7) is 0. The Morgan fingerprint density at radius 2 is 1.86 bits per heavy atom. The fourth-order valence-electron chi connectivity index (χ4n) is 3.36. The Hall–Kier alpha value is -2.12. The minimum absolute atomic E-state index is 0.320. The Balaban J connectivity index is 1.48. The highest BCUT2D eigenvalue weighted by atomic mass is 35.5. The number of aromatic nitrogens is 1. The third kappa shape index (κ3) is 3.61. The molecule has 0 amide bonds. The summed E-state index contributed by atoms with van der Waals surface area (Å²) in [4.78, 5) is 4.98. The van der Waals surface area contributed by atoms with Gasteiger partial charge in [0.05, 0.1) is 12.0 Å². The minimum atomic E-state index is -0.852. The number of thiazole rings is 1. The number of methoxy groups -OCH3 is 1. The van der Waals surface area contributed by atoms with E-state index in [0.29, 0.717) is 20.6 Å². The standard InChI is InChI=1S/C21H21ClN2O3S/c1-27-14-8-6-13(7-9-14)21(10-11-21)19(26)24-20-23-12-17(28-20)18(25)15-4-2-3-5-16(15)22/h2-9,12,18-19,25-26H,10-11H2,1H3,(H,23,24). The normalized spacial score (nSPS) is 17.0. The van der Waals surface area contributed by atoms with Gasteiger partial charge in [-0.2, -0.15) is 0 Å². The second kappa shape index (κ2) is 7.72. The van der Waals surface area contributed by atoms with Crippen molar-refractivity contribution in [3.05, 3.63) is 75.8 Å². The molecule has 2 aromatic carbocycles. The Morgan fingerprint density at radius 3 is 2.50 bits per heavy atom. The molecule has 2 atom stereocenters. The number of rotatable bonds is 7. The van der Waals surface area contributed by atoms with E-state index in [1.54, 1.807) is 25.4 Å². The lowest BCUT2D eigenvalue weighted by atomic mass is 9.94. The number of hydrogen-bond donors (Lipinski definition) is 3. The molecule has 146 valence electrons. The highest BCUT2D eigenvalue weighted by Crippen LogP contribution is 2.51. The molecule has 0 aliphatic heterocycles. The molecular weight excluding hydrogens is 396 g/mol. The van der Waals surface area contributed by atoms with Crippen LogP contribution in [-0.4, -0.2) is 28.5 Å². The Bertz CT molecular complexity index is 956. The molecule has 3 N–H and O–H groups in total. The lowest BCUT2D eigenvalue weighted by Gasteiger charge is -2.23. The molecule has 4 rings (SSSR count). The molecule has 0 bridgehead atoms. The second-order valence-electron chi connectivity index (χ2n) is 6.92. The third-order valence-corrected chi connectivity index (χ3v) is 6.56. The summed E-state index contributed by atoms with van der Waals surface area (Å²) in [6, 6.07) is 15.0. The molecule has 1 aliphatic rings. The molecule has 1 heterocycles. The highest BCUT2D eigenvalue weighted by Gasteiger charge is 2.50. The minimum Gasteiger partial charge on any atom is -0.497 e. The first-order valence-corrected chi connectivity index (χ1v) is 10.2. The van der Waals surface area contributed by atoms with Crippen LogP contribution in [0.15, 0.2) is 54.7 Å². The third-order valence-electron chi connectivity index (χ3n) is 5.23. The van der Waals surface area contributed by atoms with Crippen molar-refractivity contribution in [3.8, 4) is 5.75 Å². The largest absolute Gasteiger partial charge is 0.497 e. The summed E-state index contributed by atoms with van der Waals surface area (Å²) in [7, 11) is 1.63. The molecule has 0 saturated heterocycles. The van der Waals surface area contributed by atoms with E-state index < -0.39 is 12.3 Å². The Morgan fingerprint density at radius 1 is 1.14 bits per heavy atom. The fraction of sp³-hybridized carbons (Fsp3) is 0.286. The van der Waals surface area contributed by atoms with E-state index >= 15 is 0 Å². The zero-order chi connectivity index (χ0) is 19.7. The maximum atomic E-state index is 10.8. The molecule has 28 heavy (non-hydrogen) atoms. The second-order valence-corrected chi connectivity index (χ2v) is 8.39. The predicted molar refractivity (Wildman–Crippen MR) is 111 cm³/mol. The van der Waals surface area contributed by atoms with Crippen molar-refractivity contribution < 1.29 is 14.9 Å². The van der Waals surface area contributed by atoms with Gasteiger partial charge in [0.25, 0.3) is 0 Å². The molecule has 0 spiro atoms. The van der Waals surface area contributed by atoms with Crippen LogP contribution in [0.1, 0.15) is 34.9 Å². The smallest absolute Gasteiger partial charge is 0.184 e. The number of benzene rings is 2. The van der Waals surface area contributed by atoms with Crippen molar-refractivity contribution in [2.45, 2.75) is 30.6 Å². The van der Waals surface area contributed by atoms with Crippen LogP contribution in [0.3, 0.4) is 0 Å². The molecule has 3 aromatic rings.